The van der Waals surface area contributed by atoms with Gasteiger partial charge in [-0.15, -0.1) is 11.3 Å². The maximum Gasteiger partial charge on any atom is 0.0925 e. The topological polar surface area (TPSA) is 36.4 Å². The fourth-order valence-corrected chi connectivity index (χ4v) is 3.11. The van der Waals surface area contributed by atoms with Gasteiger partial charge in [-0.05, 0) is 32.2 Å². The molecule has 1 saturated heterocycles. The van der Waals surface area contributed by atoms with Gasteiger partial charge in [0.05, 0.1) is 11.1 Å². The van der Waals surface area contributed by atoms with E-state index in [0.717, 1.165) is 32.5 Å². The van der Waals surface area contributed by atoms with E-state index in [4.69, 9.17) is 0 Å². The van der Waals surface area contributed by atoms with Crippen LogP contribution in [-0.2, 0) is 13.0 Å². The number of aliphatic hydroxyl groups excluding tert-OH is 1. The molecular weight excluding hydrogens is 220 g/mol. The average molecular weight is 240 g/mol. The summed E-state index contributed by atoms with van der Waals surface area (Å²) >= 11 is 1.81. The Labute approximate surface area is 101 Å². The van der Waals surface area contributed by atoms with Crippen LogP contribution in [0.15, 0.2) is 6.20 Å². The van der Waals surface area contributed by atoms with Gasteiger partial charge in [0.1, 0.15) is 0 Å². The molecule has 0 aliphatic carbocycles. The number of hydrogen-bond acceptors (Lipinski definition) is 4. The van der Waals surface area contributed by atoms with E-state index in [1.807, 2.05) is 24.5 Å². The van der Waals surface area contributed by atoms with E-state index in [2.05, 4.69) is 16.8 Å². The molecule has 2 heterocycles. The van der Waals surface area contributed by atoms with Crippen molar-refractivity contribution in [1.29, 1.82) is 0 Å². The van der Waals surface area contributed by atoms with Gasteiger partial charge in [-0.3, -0.25) is 4.90 Å². The molecule has 4 heteroatoms. The fraction of sp³-hybridized carbons (Fsp3) is 0.750. The first-order valence-corrected chi connectivity index (χ1v) is 6.84. The normalized spacial score (nSPS) is 23.8. The van der Waals surface area contributed by atoms with Crippen molar-refractivity contribution in [2.45, 2.75) is 39.3 Å². The standard InChI is InChI=1S/C12H20N2OS/c1-3-12-13-6-11(16-12)8-14-5-4-10(7-14)9(2)15/h6,9-10,15H,3-5,7-8H2,1-2H3. The molecule has 0 radical (unpaired) electrons. The van der Waals surface area contributed by atoms with E-state index < -0.39 is 0 Å². The highest BCUT2D eigenvalue weighted by Gasteiger charge is 2.26. The van der Waals surface area contributed by atoms with Gasteiger partial charge in [0.15, 0.2) is 0 Å². The zero-order chi connectivity index (χ0) is 11.5. The van der Waals surface area contributed by atoms with Crippen LogP contribution in [0, 0.1) is 5.92 Å². The van der Waals surface area contributed by atoms with Crippen molar-refractivity contribution < 1.29 is 5.11 Å². The number of rotatable bonds is 4. The van der Waals surface area contributed by atoms with Gasteiger partial charge >= 0.3 is 0 Å². The zero-order valence-corrected chi connectivity index (χ0v) is 10.8. The zero-order valence-electron chi connectivity index (χ0n) is 10.0. The molecule has 1 N–H and O–H groups in total. The van der Waals surface area contributed by atoms with E-state index in [1.165, 1.54) is 9.88 Å². The summed E-state index contributed by atoms with van der Waals surface area (Å²) in [6.07, 6.45) is 3.98. The van der Waals surface area contributed by atoms with E-state index in [-0.39, 0.29) is 6.10 Å². The molecule has 1 fully saturated rings. The van der Waals surface area contributed by atoms with Gasteiger partial charge in [0.2, 0.25) is 0 Å². The molecule has 1 aliphatic heterocycles. The Hall–Kier alpha value is -0.450. The first-order chi connectivity index (χ1) is 7.69. The highest BCUT2D eigenvalue weighted by atomic mass is 32.1. The van der Waals surface area contributed by atoms with Crippen molar-refractivity contribution in [3.8, 4) is 0 Å². The lowest BCUT2D eigenvalue weighted by Gasteiger charge is -2.16. The number of nitrogens with zero attached hydrogens (tertiary/aromatic N) is 2. The van der Waals surface area contributed by atoms with Crippen molar-refractivity contribution >= 4 is 11.3 Å². The van der Waals surface area contributed by atoms with E-state index in [0.29, 0.717) is 5.92 Å². The fourth-order valence-electron chi connectivity index (χ4n) is 2.20. The molecule has 0 amide bonds. The van der Waals surface area contributed by atoms with Crippen molar-refractivity contribution in [2.24, 2.45) is 5.92 Å². The second kappa shape index (κ2) is 5.25. The second-order valence-corrected chi connectivity index (χ2v) is 5.80. The Balaban J connectivity index is 1.87. The van der Waals surface area contributed by atoms with E-state index in [1.54, 1.807) is 0 Å². The Morgan fingerprint density at radius 3 is 3.06 bits per heavy atom. The van der Waals surface area contributed by atoms with Gasteiger partial charge in [-0.1, -0.05) is 6.92 Å². The molecule has 0 saturated carbocycles. The van der Waals surface area contributed by atoms with Crippen LogP contribution in [0.1, 0.15) is 30.2 Å². The molecule has 2 unspecified atom stereocenters. The third-order valence-electron chi connectivity index (χ3n) is 3.27. The predicted molar refractivity (Wildman–Crippen MR) is 66.6 cm³/mol. The lowest BCUT2D eigenvalue weighted by atomic mass is 10.0. The molecule has 90 valence electrons. The third kappa shape index (κ3) is 2.81. The summed E-state index contributed by atoms with van der Waals surface area (Å²) in [6, 6.07) is 0. The quantitative estimate of drug-likeness (QED) is 0.873. The van der Waals surface area contributed by atoms with Crippen LogP contribution in [0.5, 0.6) is 0 Å². The Morgan fingerprint density at radius 2 is 2.50 bits per heavy atom. The van der Waals surface area contributed by atoms with E-state index in [9.17, 15) is 5.11 Å². The molecule has 2 rings (SSSR count). The summed E-state index contributed by atoms with van der Waals surface area (Å²) in [7, 11) is 0. The largest absolute Gasteiger partial charge is 0.393 e. The Bertz CT molecular complexity index is 338. The molecule has 0 spiro atoms. The summed E-state index contributed by atoms with van der Waals surface area (Å²) in [4.78, 5) is 8.14. The molecule has 0 bridgehead atoms. The first-order valence-electron chi connectivity index (χ1n) is 6.03. The van der Waals surface area contributed by atoms with Crippen LogP contribution in [-0.4, -0.2) is 34.2 Å². The molecule has 16 heavy (non-hydrogen) atoms. The third-order valence-corrected chi connectivity index (χ3v) is 4.40. The van der Waals surface area contributed by atoms with Crippen LogP contribution in [0.2, 0.25) is 0 Å². The number of hydrogen-bond donors (Lipinski definition) is 1. The van der Waals surface area contributed by atoms with Crippen molar-refractivity contribution in [1.82, 2.24) is 9.88 Å². The minimum Gasteiger partial charge on any atom is -0.393 e. The number of likely N-dealkylation sites (tertiary alicyclic amines) is 1. The second-order valence-electron chi connectivity index (χ2n) is 4.60. The Morgan fingerprint density at radius 1 is 1.69 bits per heavy atom. The summed E-state index contributed by atoms with van der Waals surface area (Å²) in [5.74, 6) is 0.457. The maximum absolute atomic E-state index is 9.54. The van der Waals surface area contributed by atoms with Gasteiger partial charge < -0.3 is 5.11 Å². The molecule has 1 aromatic rings. The maximum atomic E-state index is 9.54. The van der Waals surface area contributed by atoms with Crippen LogP contribution >= 0.6 is 11.3 Å². The molecular formula is C12H20N2OS. The number of aromatic nitrogens is 1. The number of aliphatic hydroxyl groups is 1. The first kappa shape index (κ1) is 12.0. The van der Waals surface area contributed by atoms with Crippen LogP contribution in [0.3, 0.4) is 0 Å². The smallest absolute Gasteiger partial charge is 0.0925 e. The molecule has 1 aliphatic rings. The Kier molecular flexibility index (Phi) is 3.95. The van der Waals surface area contributed by atoms with Gasteiger partial charge in [0.25, 0.3) is 0 Å². The highest BCUT2D eigenvalue weighted by molar-refractivity contribution is 7.11. The van der Waals surface area contributed by atoms with E-state index >= 15 is 0 Å². The van der Waals surface area contributed by atoms with Crippen LogP contribution in [0.4, 0.5) is 0 Å². The molecule has 1 aromatic heterocycles. The van der Waals surface area contributed by atoms with Gasteiger partial charge in [-0.2, -0.15) is 0 Å². The molecule has 3 nitrogen and oxygen atoms in total. The summed E-state index contributed by atoms with van der Waals surface area (Å²) in [5, 5.41) is 10.8. The summed E-state index contributed by atoms with van der Waals surface area (Å²) < 4.78 is 0. The minimum atomic E-state index is -0.169. The van der Waals surface area contributed by atoms with Crippen LogP contribution in [0.25, 0.3) is 0 Å². The minimum absolute atomic E-state index is 0.169. The average Bonchev–Trinajstić information content (AvgIpc) is 2.87. The van der Waals surface area contributed by atoms with Crippen molar-refractivity contribution in [3.05, 3.63) is 16.1 Å². The monoisotopic (exact) mass is 240 g/mol. The van der Waals surface area contributed by atoms with Gasteiger partial charge in [0, 0.05) is 24.2 Å². The highest BCUT2D eigenvalue weighted by Crippen LogP contribution is 2.23. The predicted octanol–water partition coefficient (Wildman–Crippen LogP) is 1.91. The lowest BCUT2D eigenvalue weighted by molar-refractivity contribution is 0.127. The number of aryl methyl sites for hydroxylation is 1. The molecule has 2 atom stereocenters. The van der Waals surface area contributed by atoms with Crippen LogP contribution < -0.4 is 0 Å². The van der Waals surface area contributed by atoms with Crippen molar-refractivity contribution in [3.63, 3.8) is 0 Å². The summed E-state index contributed by atoms with van der Waals surface area (Å²) in [6.45, 7) is 7.17. The molecule has 0 aromatic carbocycles. The lowest BCUT2D eigenvalue weighted by Crippen LogP contribution is -2.23. The SMILES string of the molecule is CCc1ncc(CN2CCC(C(C)O)C2)s1. The van der Waals surface area contributed by atoms with Crippen molar-refractivity contribution in [2.75, 3.05) is 13.1 Å². The number of thiazole rings is 1. The summed E-state index contributed by atoms with van der Waals surface area (Å²) in [5.41, 5.74) is 0. The van der Waals surface area contributed by atoms with Gasteiger partial charge in [-0.25, -0.2) is 4.98 Å².